The predicted octanol–water partition coefficient (Wildman–Crippen LogP) is 3.65. The maximum Gasteiger partial charge on any atom is 0.251 e. The number of carbonyl (C=O) groups is 2. The molecule has 2 amide bonds. The van der Waals surface area contributed by atoms with Gasteiger partial charge in [-0.3, -0.25) is 9.59 Å². The van der Waals surface area contributed by atoms with Crippen LogP contribution in [0.3, 0.4) is 0 Å². The largest absolute Gasteiger partial charge is 0.349 e. The molecule has 140 valence electrons. The lowest BCUT2D eigenvalue weighted by atomic mass is 10.0. The minimum absolute atomic E-state index is 0.0256. The Hall–Kier alpha value is -2.10. The highest BCUT2D eigenvalue weighted by Crippen LogP contribution is 2.60. The third-order valence-electron chi connectivity index (χ3n) is 5.87. The molecule has 1 saturated carbocycles. The highest BCUT2D eigenvalue weighted by atomic mass is 16.2. The van der Waals surface area contributed by atoms with Crippen molar-refractivity contribution in [2.75, 3.05) is 13.1 Å². The minimum Gasteiger partial charge on any atom is -0.349 e. The van der Waals surface area contributed by atoms with Gasteiger partial charge in [0.1, 0.15) is 0 Å². The Morgan fingerprint density at radius 3 is 2.31 bits per heavy atom. The third-order valence-corrected chi connectivity index (χ3v) is 5.87. The summed E-state index contributed by atoms with van der Waals surface area (Å²) in [5, 5.41) is 3.10. The molecule has 1 aromatic rings. The maximum atomic E-state index is 12.9. The molecular weight excluding hydrogens is 324 g/mol. The van der Waals surface area contributed by atoms with Gasteiger partial charge in [-0.05, 0) is 50.2 Å². The second kappa shape index (κ2) is 7.26. The van der Waals surface area contributed by atoms with E-state index in [-0.39, 0.29) is 29.2 Å². The molecule has 3 rings (SSSR count). The number of allylic oxidation sites excluding steroid dienone is 2. The van der Waals surface area contributed by atoms with Crippen molar-refractivity contribution < 1.29 is 9.59 Å². The summed E-state index contributed by atoms with van der Waals surface area (Å²) in [7, 11) is 0. The number of rotatable bonds is 4. The van der Waals surface area contributed by atoms with Crippen molar-refractivity contribution in [2.45, 2.75) is 46.6 Å². The number of amides is 2. The van der Waals surface area contributed by atoms with Crippen molar-refractivity contribution in [3.63, 3.8) is 0 Å². The number of nitrogens with one attached hydrogen (secondary N) is 1. The van der Waals surface area contributed by atoms with E-state index in [1.54, 1.807) is 0 Å². The summed E-state index contributed by atoms with van der Waals surface area (Å²) < 4.78 is 0. The van der Waals surface area contributed by atoms with Crippen LogP contribution >= 0.6 is 0 Å². The molecule has 26 heavy (non-hydrogen) atoms. The number of hydrogen-bond donors (Lipinski definition) is 1. The summed E-state index contributed by atoms with van der Waals surface area (Å²) in [4.78, 5) is 27.2. The van der Waals surface area contributed by atoms with Crippen molar-refractivity contribution in [1.82, 2.24) is 10.2 Å². The highest BCUT2D eigenvalue weighted by molar-refractivity contribution is 5.94. The summed E-state index contributed by atoms with van der Waals surface area (Å²) >= 11 is 0. The molecule has 2 aliphatic rings. The smallest absolute Gasteiger partial charge is 0.251 e. The first-order valence-corrected chi connectivity index (χ1v) is 9.60. The van der Waals surface area contributed by atoms with E-state index >= 15 is 0 Å². The Balaban J connectivity index is 1.52. The number of carbonyl (C=O) groups excluding carboxylic acids is 2. The average molecular weight is 354 g/mol. The number of nitrogens with zero attached hydrogens (tertiary/aromatic N) is 1. The molecule has 1 saturated heterocycles. The van der Waals surface area contributed by atoms with Crippen molar-refractivity contribution >= 4 is 11.8 Å². The van der Waals surface area contributed by atoms with Gasteiger partial charge in [0.05, 0.1) is 5.92 Å². The number of hydrogen-bond acceptors (Lipinski definition) is 2. The van der Waals surface area contributed by atoms with Gasteiger partial charge >= 0.3 is 0 Å². The Morgan fingerprint density at radius 1 is 1.12 bits per heavy atom. The zero-order valence-corrected chi connectivity index (χ0v) is 16.3. The lowest BCUT2D eigenvalue weighted by Gasteiger charge is -2.33. The topological polar surface area (TPSA) is 49.4 Å². The predicted molar refractivity (Wildman–Crippen MR) is 104 cm³/mol. The van der Waals surface area contributed by atoms with E-state index in [1.165, 1.54) is 5.57 Å². The van der Waals surface area contributed by atoms with Crippen LogP contribution in [0.5, 0.6) is 0 Å². The zero-order valence-electron chi connectivity index (χ0n) is 16.3. The second-order valence-corrected chi connectivity index (χ2v) is 8.51. The van der Waals surface area contributed by atoms with Gasteiger partial charge in [0, 0.05) is 24.7 Å². The minimum atomic E-state index is -0.0256. The zero-order chi connectivity index (χ0) is 18.9. The molecule has 0 radical (unpaired) electrons. The normalized spacial score (nSPS) is 24.7. The van der Waals surface area contributed by atoms with Gasteiger partial charge in [0.15, 0.2) is 0 Å². The van der Waals surface area contributed by atoms with Crippen LogP contribution in [-0.2, 0) is 4.79 Å². The fourth-order valence-corrected chi connectivity index (χ4v) is 4.12. The molecule has 0 spiro atoms. The summed E-state index contributed by atoms with van der Waals surface area (Å²) in [6.45, 7) is 10.0. The maximum absolute atomic E-state index is 12.9. The summed E-state index contributed by atoms with van der Waals surface area (Å²) in [6, 6.07) is 9.45. The van der Waals surface area contributed by atoms with E-state index in [9.17, 15) is 9.59 Å². The van der Waals surface area contributed by atoms with Crippen LogP contribution in [0.4, 0.5) is 0 Å². The Bertz CT molecular complexity index is 696. The van der Waals surface area contributed by atoms with E-state index in [0.29, 0.717) is 11.5 Å². The summed E-state index contributed by atoms with van der Waals surface area (Å²) in [6.07, 6.45) is 3.89. The van der Waals surface area contributed by atoms with Gasteiger partial charge in [-0.1, -0.05) is 43.7 Å². The van der Waals surface area contributed by atoms with Crippen LogP contribution < -0.4 is 5.32 Å². The molecule has 1 aliphatic heterocycles. The Kier molecular flexibility index (Phi) is 5.22. The lowest BCUT2D eigenvalue weighted by Crippen LogP contribution is -2.47. The molecule has 4 heteroatoms. The quantitative estimate of drug-likeness (QED) is 0.839. The van der Waals surface area contributed by atoms with E-state index in [2.05, 4.69) is 39.1 Å². The van der Waals surface area contributed by atoms with Gasteiger partial charge in [-0.25, -0.2) is 0 Å². The van der Waals surface area contributed by atoms with Crippen molar-refractivity contribution in [2.24, 2.45) is 17.3 Å². The first kappa shape index (κ1) is 18.7. The second-order valence-electron chi connectivity index (χ2n) is 8.51. The fourth-order valence-electron chi connectivity index (χ4n) is 4.12. The van der Waals surface area contributed by atoms with Crippen LogP contribution in [0.25, 0.3) is 0 Å². The molecule has 1 heterocycles. The Labute approximate surface area is 156 Å². The monoisotopic (exact) mass is 354 g/mol. The van der Waals surface area contributed by atoms with Crippen LogP contribution in [-0.4, -0.2) is 35.8 Å². The van der Waals surface area contributed by atoms with E-state index in [4.69, 9.17) is 0 Å². The van der Waals surface area contributed by atoms with Gasteiger partial charge in [-0.15, -0.1) is 0 Å². The molecule has 0 bridgehead atoms. The third kappa shape index (κ3) is 3.84. The molecule has 1 N–H and O–H groups in total. The van der Waals surface area contributed by atoms with Crippen LogP contribution in [0.2, 0.25) is 0 Å². The average Bonchev–Trinajstić information content (AvgIpc) is 3.15. The van der Waals surface area contributed by atoms with Crippen molar-refractivity contribution in [3.8, 4) is 0 Å². The molecule has 4 nitrogen and oxygen atoms in total. The van der Waals surface area contributed by atoms with Gasteiger partial charge < -0.3 is 10.2 Å². The van der Waals surface area contributed by atoms with Gasteiger partial charge in [0.25, 0.3) is 5.91 Å². The first-order chi connectivity index (χ1) is 12.3. The summed E-state index contributed by atoms with van der Waals surface area (Å²) in [5.41, 5.74) is 2.03. The number of piperidine rings is 1. The molecular formula is C22H30N2O2. The van der Waals surface area contributed by atoms with Crippen LogP contribution in [0, 0.1) is 17.3 Å². The van der Waals surface area contributed by atoms with Gasteiger partial charge in [0.2, 0.25) is 5.91 Å². The first-order valence-electron chi connectivity index (χ1n) is 9.60. The standard InChI is InChI=1S/C22H30N2O2/c1-15(2)14-18-19(22(18,3)4)21(26)24-12-10-17(11-13-24)23-20(25)16-8-6-5-7-9-16/h5-9,14,17-19H,10-13H2,1-4H3,(H,23,25). The molecule has 2 fully saturated rings. The van der Waals surface area contributed by atoms with Crippen LogP contribution in [0.1, 0.15) is 50.9 Å². The SMILES string of the molecule is CC(C)=CC1C(C(=O)N2CCC(NC(=O)c3ccccc3)CC2)C1(C)C. The molecule has 2 unspecified atom stereocenters. The molecule has 2 atom stereocenters. The van der Waals surface area contributed by atoms with Crippen molar-refractivity contribution in [3.05, 3.63) is 47.5 Å². The van der Waals surface area contributed by atoms with Gasteiger partial charge in [-0.2, -0.15) is 0 Å². The van der Waals surface area contributed by atoms with E-state index in [0.717, 1.165) is 25.9 Å². The fraction of sp³-hybridized carbons (Fsp3) is 0.545. The number of likely N-dealkylation sites (tertiary alicyclic amines) is 1. The molecule has 1 aliphatic carbocycles. The van der Waals surface area contributed by atoms with E-state index < -0.39 is 0 Å². The number of benzene rings is 1. The van der Waals surface area contributed by atoms with E-state index in [1.807, 2.05) is 35.2 Å². The Morgan fingerprint density at radius 2 is 1.73 bits per heavy atom. The molecule has 0 aromatic heterocycles. The highest BCUT2D eigenvalue weighted by Gasteiger charge is 2.61. The molecule has 1 aromatic carbocycles. The van der Waals surface area contributed by atoms with Crippen molar-refractivity contribution in [1.29, 1.82) is 0 Å². The summed E-state index contributed by atoms with van der Waals surface area (Å²) in [5.74, 6) is 0.719. The lowest BCUT2D eigenvalue weighted by molar-refractivity contribution is -0.134. The van der Waals surface area contributed by atoms with Crippen LogP contribution in [0.15, 0.2) is 42.0 Å².